The van der Waals surface area contributed by atoms with Gasteiger partial charge in [-0.15, -0.1) is 0 Å². The summed E-state index contributed by atoms with van der Waals surface area (Å²) in [5, 5.41) is 14.0. The van der Waals surface area contributed by atoms with E-state index in [1.165, 1.54) is 6.21 Å². The number of benzene rings is 2. The normalized spacial score (nSPS) is 11.1. The number of aromatic hydroxyl groups is 1. The Kier molecular flexibility index (Phi) is 4.94. The molecular formula is C18H18N4O3. The fourth-order valence-corrected chi connectivity index (χ4v) is 2.42. The molecule has 0 saturated carbocycles. The molecule has 2 N–H and O–H groups in total. The zero-order chi connectivity index (χ0) is 17.6. The number of aromatic nitrogens is 2. The van der Waals surface area contributed by atoms with Crippen LogP contribution in [0.1, 0.15) is 12.5 Å². The second kappa shape index (κ2) is 7.48. The molecule has 0 radical (unpaired) electrons. The third-order valence-corrected chi connectivity index (χ3v) is 3.56. The number of phenols is 1. The van der Waals surface area contributed by atoms with Gasteiger partial charge >= 0.3 is 0 Å². The van der Waals surface area contributed by atoms with Crippen molar-refractivity contribution in [2.75, 3.05) is 6.61 Å². The molecule has 3 aromatic rings. The molecule has 128 valence electrons. The average molecular weight is 338 g/mol. The first-order valence-corrected chi connectivity index (χ1v) is 7.85. The van der Waals surface area contributed by atoms with Crippen molar-refractivity contribution in [2.45, 2.75) is 13.5 Å². The third kappa shape index (κ3) is 3.77. The highest BCUT2D eigenvalue weighted by Gasteiger charge is 2.07. The van der Waals surface area contributed by atoms with Crippen LogP contribution in [0.2, 0.25) is 0 Å². The van der Waals surface area contributed by atoms with E-state index in [-0.39, 0.29) is 18.2 Å². The number of imidazole rings is 1. The van der Waals surface area contributed by atoms with Gasteiger partial charge in [-0.3, -0.25) is 4.79 Å². The smallest absolute Gasteiger partial charge is 0.260 e. The summed E-state index contributed by atoms with van der Waals surface area (Å²) in [5.41, 5.74) is 4.61. The van der Waals surface area contributed by atoms with E-state index in [0.717, 1.165) is 11.0 Å². The molecule has 3 rings (SSSR count). The second-order valence-electron chi connectivity index (χ2n) is 5.28. The van der Waals surface area contributed by atoms with Crippen LogP contribution in [0.15, 0.2) is 53.9 Å². The number of para-hydroxylation sites is 3. The molecule has 0 aliphatic heterocycles. The summed E-state index contributed by atoms with van der Waals surface area (Å²) in [6.07, 6.45) is 2.99. The minimum absolute atomic E-state index is 0.0112. The van der Waals surface area contributed by atoms with Crippen LogP contribution in [-0.4, -0.2) is 33.4 Å². The van der Waals surface area contributed by atoms with Crippen LogP contribution in [0.3, 0.4) is 0 Å². The first-order chi connectivity index (χ1) is 12.2. The summed E-state index contributed by atoms with van der Waals surface area (Å²) in [4.78, 5) is 16.3. The molecule has 7 nitrogen and oxygen atoms in total. The van der Waals surface area contributed by atoms with Crippen molar-refractivity contribution in [2.24, 2.45) is 5.10 Å². The maximum absolute atomic E-state index is 12.0. The topological polar surface area (TPSA) is 88.7 Å². The lowest BCUT2D eigenvalue weighted by Gasteiger charge is -2.07. The van der Waals surface area contributed by atoms with Crippen LogP contribution in [-0.2, 0) is 11.3 Å². The molecule has 0 spiro atoms. The van der Waals surface area contributed by atoms with Crippen molar-refractivity contribution in [1.29, 1.82) is 0 Å². The summed E-state index contributed by atoms with van der Waals surface area (Å²) < 4.78 is 7.05. The summed E-state index contributed by atoms with van der Waals surface area (Å²) >= 11 is 0. The van der Waals surface area contributed by atoms with E-state index >= 15 is 0 Å². The van der Waals surface area contributed by atoms with E-state index in [9.17, 15) is 9.90 Å². The van der Waals surface area contributed by atoms with E-state index in [0.29, 0.717) is 17.9 Å². The predicted octanol–water partition coefficient (Wildman–Crippen LogP) is 2.29. The molecule has 0 fully saturated rings. The van der Waals surface area contributed by atoms with Gasteiger partial charge in [0.25, 0.3) is 5.91 Å². The van der Waals surface area contributed by atoms with Gasteiger partial charge in [0.1, 0.15) is 6.54 Å². The van der Waals surface area contributed by atoms with Crippen LogP contribution in [0.5, 0.6) is 11.5 Å². The second-order valence-corrected chi connectivity index (χ2v) is 5.28. The van der Waals surface area contributed by atoms with Gasteiger partial charge in [-0.2, -0.15) is 5.10 Å². The average Bonchev–Trinajstić information content (AvgIpc) is 3.01. The quantitative estimate of drug-likeness (QED) is 0.533. The molecule has 25 heavy (non-hydrogen) atoms. The number of phenolic OH excluding ortho intramolecular Hbond substituents is 1. The van der Waals surface area contributed by atoms with Crippen molar-refractivity contribution in [3.05, 3.63) is 54.4 Å². The van der Waals surface area contributed by atoms with Gasteiger partial charge in [0.2, 0.25) is 0 Å². The largest absolute Gasteiger partial charge is 0.504 e. The Labute approximate surface area is 144 Å². The first-order valence-electron chi connectivity index (χ1n) is 7.85. The molecule has 0 bridgehead atoms. The molecule has 0 aliphatic carbocycles. The maximum atomic E-state index is 12.0. The molecule has 2 aromatic carbocycles. The van der Waals surface area contributed by atoms with Crippen molar-refractivity contribution in [3.8, 4) is 11.5 Å². The van der Waals surface area contributed by atoms with Crippen molar-refractivity contribution in [3.63, 3.8) is 0 Å². The van der Waals surface area contributed by atoms with Gasteiger partial charge in [-0.25, -0.2) is 10.4 Å². The van der Waals surface area contributed by atoms with E-state index in [4.69, 9.17) is 4.74 Å². The van der Waals surface area contributed by atoms with Gasteiger partial charge in [0.15, 0.2) is 11.5 Å². The van der Waals surface area contributed by atoms with Gasteiger partial charge in [0, 0.05) is 5.56 Å². The zero-order valence-electron chi connectivity index (χ0n) is 13.7. The van der Waals surface area contributed by atoms with Crippen LogP contribution in [0.25, 0.3) is 11.0 Å². The zero-order valence-corrected chi connectivity index (χ0v) is 13.7. The highest BCUT2D eigenvalue weighted by Crippen LogP contribution is 2.28. The van der Waals surface area contributed by atoms with E-state index in [1.807, 2.05) is 31.2 Å². The number of amides is 1. The number of ether oxygens (including phenoxy) is 1. The van der Waals surface area contributed by atoms with E-state index < -0.39 is 0 Å². The lowest BCUT2D eigenvalue weighted by atomic mass is 10.2. The van der Waals surface area contributed by atoms with Crippen LogP contribution >= 0.6 is 0 Å². The maximum Gasteiger partial charge on any atom is 0.260 e. The molecular weight excluding hydrogens is 320 g/mol. The number of hydrazone groups is 1. The number of nitrogens with one attached hydrogen (secondary N) is 1. The van der Waals surface area contributed by atoms with Gasteiger partial charge in [0.05, 0.1) is 30.2 Å². The molecule has 7 heteroatoms. The molecule has 0 unspecified atom stereocenters. The fourth-order valence-electron chi connectivity index (χ4n) is 2.42. The summed E-state index contributed by atoms with van der Waals surface area (Å²) in [6, 6.07) is 12.7. The Morgan fingerprint density at radius 1 is 1.32 bits per heavy atom. The number of hydrogen-bond donors (Lipinski definition) is 2. The van der Waals surface area contributed by atoms with Crippen LogP contribution in [0.4, 0.5) is 0 Å². The molecule has 0 aliphatic rings. The van der Waals surface area contributed by atoms with Crippen LogP contribution in [0, 0.1) is 0 Å². The highest BCUT2D eigenvalue weighted by atomic mass is 16.5. The highest BCUT2D eigenvalue weighted by molar-refractivity contribution is 5.86. The summed E-state index contributed by atoms with van der Waals surface area (Å²) in [6.45, 7) is 2.38. The minimum Gasteiger partial charge on any atom is -0.504 e. The Morgan fingerprint density at radius 2 is 2.16 bits per heavy atom. The lowest BCUT2D eigenvalue weighted by molar-refractivity contribution is -0.121. The van der Waals surface area contributed by atoms with Gasteiger partial charge in [-0.05, 0) is 31.2 Å². The Bertz CT molecular complexity index is 918. The predicted molar refractivity (Wildman–Crippen MR) is 94.7 cm³/mol. The van der Waals surface area contributed by atoms with E-state index in [1.54, 1.807) is 29.1 Å². The van der Waals surface area contributed by atoms with Gasteiger partial charge in [-0.1, -0.05) is 18.2 Å². The molecule has 0 saturated heterocycles. The number of fused-ring (bicyclic) bond motifs is 1. The summed E-state index contributed by atoms with van der Waals surface area (Å²) in [7, 11) is 0. The lowest BCUT2D eigenvalue weighted by Crippen LogP contribution is -2.22. The number of rotatable bonds is 6. The Hall–Kier alpha value is -3.35. The Morgan fingerprint density at radius 3 is 3.00 bits per heavy atom. The number of carbonyl (C=O) groups is 1. The number of nitrogens with zero attached hydrogens (tertiary/aromatic N) is 3. The van der Waals surface area contributed by atoms with Crippen molar-refractivity contribution < 1.29 is 14.6 Å². The molecule has 1 heterocycles. The van der Waals surface area contributed by atoms with Crippen molar-refractivity contribution >= 4 is 23.2 Å². The number of carbonyl (C=O) groups excluding carboxylic acids is 1. The van der Waals surface area contributed by atoms with E-state index in [2.05, 4.69) is 15.5 Å². The first kappa shape index (κ1) is 16.5. The third-order valence-electron chi connectivity index (χ3n) is 3.56. The Balaban J connectivity index is 1.64. The van der Waals surface area contributed by atoms with Crippen molar-refractivity contribution in [1.82, 2.24) is 15.0 Å². The molecule has 0 atom stereocenters. The SMILES string of the molecule is CCOc1cccc(/C=N\NC(=O)Cn2cnc3ccccc32)c1O. The standard InChI is InChI=1S/C18H18N4O3/c1-2-25-16-9-5-6-13(18(16)24)10-20-21-17(23)11-22-12-19-14-7-3-4-8-15(14)22/h3-10,12,24H,2,11H2,1H3,(H,21,23)/b20-10-. The fraction of sp³-hybridized carbons (Fsp3) is 0.167. The summed E-state index contributed by atoms with van der Waals surface area (Å²) in [5.74, 6) is 0.0745. The van der Waals surface area contributed by atoms with Gasteiger partial charge < -0.3 is 14.4 Å². The van der Waals surface area contributed by atoms with Crippen LogP contribution < -0.4 is 10.2 Å². The minimum atomic E-state index is -0.292. The molecule has 1 aromatic heterocycles. The monoisotopic (exact) mass is 338 g/mol. The molecule has 1 amide bonds. The number of hydrogen-bond acceptors (Lipinski definition) is 5.